The molecule has 1 aromatic heterocycles. The number of benzene rings is 1. The molecule has 1 saturated heterocycles. The van der Waals surface area contributed by atoms with Crippen molar-refractivity contribution in [3.63, 3.8) is 0 Å². The van der Waals surface area contributed by atoms with Crippen molar-refractivity contribution in [1.29, 1.82) is 0 Å². The maximum absolute atomic E-state index is 12.8. The second kappa shape index (κ2) is 7.64. The summed E-state index contributed by atoms with van der Waals surface area (Å²) in [5.41, 5.74) is 1.67. The molecule has 0 bridgehead atoms. The number of nitrogens with zero attached hydrogens (tertiary/aromatic N) is 2. The van der Waals surface area contributed by atoms with Gasteiger partial charge >= 0.3 is 0 Å². The summed E-state index contributed by atoms with van der Waals surface area (Å²) >= 11 is 0. The molecule has 0 aliphatic carbocycles. The summed E-state index contributed by atoms with van der Waals surface area (Å²) in [5, 5.41) is 0. The standard InChI is InChI=1S/C20H24N2O4/c1-14(2)16-13-15(6-7-17(16)25-3)19(23)21-8-10-22(11-9-21)20(24)18-5-4-12-26-18/h4-7,12-14H,8-11H2,1-3H3. The lowest BCUT2D eigenvalue weighted by atomic mass is 9.99. The number of hydrogen-bond donors (Lipinski definition) is 0. The van der Waals surface area contributed by atoms with Crippen molar-refractivity contribution >= 4 is 11.8 Å². The van der Waals surface area contributed by atoms with E-state index in [2.05, 4.69) is 13.8 Å². The largest absolute Gasteiger partial charge is 0.496 e. The van der Waals surface area contributed by atoms with Gasteiger partial charge in [-0.2, -0.15) is 0 Å². The van der Waals surface area contributed by atoms with Crippen LogP contribution >= 0.6 is 0 Å². The normalized spacial score (nSPS) is 14.6. The van der Waals surface area contributed by atoms with Gasteiger partial charge in [0.15, 0.2) is 5.76 Å². The van der Waals surface area contributed by atoms with E-state index in [0.29, 0.717) is 37.5 Å². The van der Waals surface area contributed by atoms with Crippen LogP contribution in [-0.2, 0) is 0 Å². The molecule has 0 atom stereocenters. The molecule has 26 heavy (non-hydrogen) atoms. The predicted molar refractivity (Wildman–Crippen MR) is 97.6 cm³/mol. The molecule has 1 fully saturated rings. The fourth-order valence-electron chi connectivity index (χ4n) is 3.17. The molecule has 0 N–H and O–H groups in total. The van der Waals surface area contributed by atoms with E-state index in [1.807, 2.05) is 12.1 Å². The topological polar surface area (TPSA) is 63.0 Å². The van der Waals surface area contributed by atoms with Crippen molar-refractivity contribution in [3.05, 3.63) is 53.5 Å². The Morgan fingerprint density at radius 1 is 1.04 bits per heavy atom. The number of rotatable bonds is 4. The number of carbonyl (C=O) groups excluding carboxylic acids is 2. The van der Waals surface area contributed by atoms with E-state index in [4.69, 9.17) is 9.15 Å². The van der Waals surface area contributed by atoms with Crippen molar-refractivity contribution in [3.8, 4) is 5.75 Å². The summed E-state index contributed by atoms with van der Waals surface area (Å²) in [6.07, 6.45) is 1.49. The van der Waals surface area contributed by atoms with E-state index in [1.165, 1.54) is 6.26 Å². The first-order chi connectivity index (χ1) is 12.5. The number of ether oxygens (including phenoxy) is 1. The maximum atomic E-state index is 12.8. The quantitative estimate of drug-likeness (QED) is 0.845. The smallest absolute Gasteiger partial charge is 0.289 e. The molecule has 0 saturated carbocycles. The molecule has 6 heteroatoms. The van der Waals surface area contributed by atoms with Gasteiger partial charge in [0.25, 0.3) is 11.8 Å². The SMILES string of the molecule is COc1ccc(C(=O)N2CCN(C(=O)c3ccco3)CC2)cc1C(C)C. The second-order valence-electron chi connectivity index (χ2n) is 6.67. The molecule has 1 aliphatic heterocycles. The van der Waals surface area contributed by atoms with Crippen molar-refractivity contribution in [1.82, 2.24) is 9.80 Å². The Kier molecular flexibility index (Phi) is 5.30. The van der Waals surface area contributed by atoms with Gasteiger partial charge in [-0.05, 0) is 41.8 Å². The van der Waals surface area contributed by atoms with Crippen LogP contribution in [0.15, 0.2) is 41.0 Å². The first-order valence-corrected chi connectivity index (χ1v) is 8.81. The van der Waals surface area contributed by atoms with Gasteiger partial charge in [0, 0.05) is 31.7 Å². The van der Waals surface area contributed by atoms with Crippen LogP contribution in [0.1, 0.15) is 46.2 Å². The summed E-state index contributed by atoms with van der Waals surface area (Å²) in [5.74, 6) is 1.25. The maximum Gasteiger partial charge on any atom is 0.289 e. The predicted octanol–water partition coefficient (Wildman–Crippen LogP) is 3.01. The average molecular weight is 356 g/mol. The minimum absolute atomic E-state index is 0.0142. The fourth-order valence-corrected chi connectivity index (χ4v) is 3.17. The number of piperazine rings is 1. The van der Waals surface area contributed by atoms with Gasteiger partial charge in [-0.15, -0.1) is 0 Å². The number of amides is 2. The molecule has 0 radical (unpaired) electrons. The second-order valence-corrected chi connectivity index (χ2v) is 6.67. The minimum atomic E-state index is -0.131. The van der Waals surface area contributed by atoms with E-state index >= 15 is 0 Å². The van der Waals surface area contributed by atoms with Crippen LogP contribution in [0, 0.1) is 0 Å². The average Bonchev–Trinajstić information content (AvgIpc) is 3.21. The van der Waals surface area contributed by atoms with E-state index < -0.39 is 0 Å². The third kappa shape index (κ3) is 3.59. The first kappa shape index (κ1) is 18.0. The molecule has 1 aliphatic rings. The van der Waals surface area contributed by atoms with Crippen LogP contribution in [-0.4, -0.2) is 54.9 Å². The highest BCUT2D eigenvalue weighted by Gasteiger charge is 2.27. The number of furan rings is 1. The Hall–Kier alpha value is -2.76. The van der Waals surface area contributed by atoms with Gasteiger partial charge in [0.2, 0.25) is 0 Å². The summed E-state index contributed by atoms with van der Waals surface area (Å²) in [4.78, 5) is 28.7. The minimum Gasteiger partial charge on any atom is -0.496 e. The van der Waals surface area contributed by atoms with Crippen LogP contribution in [0.25, 0.3) is 0 Å². The molecule has 1 aromatic carbocycles. The van der Waals surface area contributed by atoms with Gasteiger partial charge < -0.3 is 19.0 Å². The molecule has 0 unspecified atom stereocenters. The number of methoxy groups -OCH3 is 1. The third-order valence-electron chi connectivity index (χ3n) is 4.68. The zero-order chi connectivity index (χ0) is 18.7. The Balaban J connectivity index is 1.67. The Bertz CT molecular complexity index is 775. The molecule has 138 valence electrons. The van der Waals surface area contributed by atoms with E-state index in [0.717, 1.165) is 11.3 Å². The highest BCUT2D eigenvalue weighted by Crippen LogP contribution is 2.28. The number of hydrogen-bond acceptors (Lipinski definition) is 4. The lowest BCUT2D eigenvalue weighted by Gasteiger charge is -2.34. The van der Waals surface area contributed by atoms with Crippen molar-refractivity contribution in [2.75, 3.05) is 33.3 Å². The highest BCUT2D eigenvalue weighted by atomic mass is 16.5. The Morgan fingerprint density at radius 3 is 2.23 bits per heavy atom. The van der Waals surface area contributed by atoms with Gasteiger partial charge in [-0.1, -0.05) is 13.8 Å². The van der Waals surface area contributed by atoms with Gasteiger partial charge in [0.05, 0.1) is 13.4 Å². The van der Waals surface area contributed by atoms with E-state index in [1.54, 1.807) is 35.1 Å². The molecule has 2 heterocycles. The van der Waals surface area contributed by atoms with Crippen LogP contribution < -0.4 is 4.74 Å². The van der Waals surface area contributed by atoms with Crippen molar-refractivity contribution in [2.45, 2.75) is 19.8 Å². The van der Waals surface area contributed by atoms with Gasteiger partial charge in [-0.3, -0.25) is 9.59 Å². The van der Waals surface area contributed by atoms with Crippen LogP contribution in [0.3, 0.4) is 0 Å². The third-order valence-corrected chi connectivity index (χ3v) is 4.68. The molecular weight excluding hydrogens is 332 g/mol. The lowest BCUT2D eigenvalue weighted by molar-refractivity contribution is 0.0518. The Morgan fingerprint density at radius 2 is 1.69 bits per heavy atom. The summed E-state index contributed by atoms with van der Waals surface area (Å²) in [7, 11) is 1.64. The van der Waals surface area contributed by atoms with Crippen molar-refractivity contribution < 1.29 is 18.7 Å². The molecule has 6 nitrogen and oxygen atoms in total. The Labute approximate surface area is 153 Å². The van der Waals surface area contributed by atoms with Crippen LogP contribution in [0.5, 0.6) is 5.75 Å². The van der Waals surface area contributed by atoms with Crippen LogP contribution in [0.2, 0.25) is 0 Å². The molecule has 0 spiro atoms. The van der Waals surface area contributed by atoms with Gasteiger partial charge in [-0.25, -0.2) is 0 Å². The summed E-state index contributed by atoms with van der Waals surface area (Å²) in [6, 6.07) is 8.91. The first-order valence-electron chi connectivity index (χ1n) is 8.81. The van der Waals surface area contributed by atoms with Gasteiger partial charge in [0.1, 0.15) is 5.75 Å². The molecular formula is C20H24N2O4. The zero-order valence-corrected chi connectivity index (χ0v) is 15.4. The molecule has 2 aromatic rings. The highest BCUT2D eigenvalue weighted by molar-refractivity contribution is 5.95. The fraction of sp³-hybridized carbons (Fsp3) is 0.400. The molecule has 2 amide bonds. The van der Waals surface area contributed by atoms with Crippen LogP contribution in [0.4, 0.5) is 0 Å². The number of carbonyl (C=O) groups is 2. The monoisotopic (exact) mass is 356 g/mol. The van der Waals surface area contributed by atoms with E-state index in [9.17, 15) is 9.59 Å². The lowest BCUT2D eigenvalue weighted by Crippen LogP contribution is -2.50. The summed E-state index contributed by atoms with van der Waals surface area (Å²) in [6.45, 7) is 6.16. The molecule has 3 rings (SSSR count). The van der Waals surface area contributed by atoms with E-state index in [-0.39, 0.29) is 17.7 Å². The van der Waals surface area contributed by atoms with Crippen molar-refractivity contribution in [2.24, 2.45) is 0 Å². The zero-order valence-electron chi connectivity index (χ0n) is 15.4. The summed E-state index contributed by atoms with van der Waals surface area (Å²) < 4.78 is 10.6.